The zero-order chi connectivity index (χ0) is 22.4. The first-order valence-corrected chi connectivity index (χ1v) is 11.1. The van der Waals surface area contributed by atoms with E-state index in [-0.39, 0.29) is 30.0 Å². The number of cyclic esters (lactones) is 1. The van der Waals surface area contributed by atoms with Gasteiger partial charge in [0.05, 0.1) is 19.8 Å². The fourth-order valence-corrected chi connectivity index (χ4v) is 4.30. The molecule has 30 heavy (non-hydrogen) atoms. The number of aliphatic hydroxyl groups is 1. The molecule has 1 heterocycles. The number of rotatable bonds is 9. The van der Waals surface area contributed by atoms with Gasteiger partial charge in [-0.05, 0) is 41.6 Å². The molecule has 0 saturated carbocycles. The van der Waals surface area contributed by atoms with E-state index in [1.165, 1.54) is 0 Å². The molecular weight excluding hydrogens is 376 g/mol. The zero-order valence-corrected chi connectivity index (χ0v) is 19.7. The standard InChI is InChI=1S/C26H40O4/c1-24(2,3)14-21(15-25(4,5)6)12-13-22-16-26(18-27,30-23(22)28)19-29-17-20-10-8-7-9-11-20/h7-11,13,21,27H,12,14-19H2,1-6H3/b22-13+/t26-/m0/s1. The molecule has 0 bridgehead atoms. The summed E-state index contributed by atoms with van der Waals surface area (Å²) >= 11 is 0. The molecule has 0 spiro atoms. The summed E-state index contributed by atoms with van der Waals surface area (Å²) in [7, 11) is 0. The van der Waals surface area contributed by atoms with Gasteiger partial charge in [0.15, 0.2) is 5.60 Å². The van der Waals surface area contributed by atoms with Crippen molar-refractivity contribution in [2.75, 3.05) is 13.2 Å². The number of hydrogen-bond acceptors (Lipinski definition) is 4. The van der Waals surface area contributed by atoms with Crippen LogP contribution in [-0.2, 0) is 20.9 Å². The molecule has 1 N–H and O–H groups in total. The third kappa shape index (κ3) is 8.23. The Morgan fingerprint density at radius 2 is 1.70 bits per heavy atom. The van der Waals surface area contributed by atoms with Crippen molar-refractivity contribution in [1.82, 2.24) is 0 Å². The molecule has 1 aliphatic heterocycles. The Morgan fingerprint density at radius 1 is 1.10 bits per heavy atom. The summed E-state index contributed by atoms with van der Waals surface area (Å²) in [6, 6.07) is 9.86. The summed E-state index contributed by atoms with van der Waals surface area (Å²) < 4.78 is 11.4. The van der Waals surface area contributed by atoms with Crippen LogP contribution in [0.15, 0.2) is 42.0 Å². The average Bonchev–Trinajstić information content (AvgIpc) is 2.94. The lowest BCUT2D eigenvalue weighted by atomic mass is 9.75. The lowest BCUT2D eigenvalue weighted by Crippen LogP contribution is -2.38. The fraction of sp³-hybridized carbons (Fsp3) is 0.654. The third-order valence-electron chi connectivity index (χ3n) is 5.35. The minimum Gasteiger partial charge on any atom is -0.450 e. The van der Waals surface area contributed by atoms with Gasteiger partial charge in [-0.1, -0.05) is 78.0 Å². The minimum absolute atomic E-state index is 0.189. The molecule has 1 fully saturated rings. The zero-order valence-electron chi connectivity index (χ0n) is 19.7. The molecule has 1 atom stereocenters. The van der Waals surface area contributed by atoms with Crippen molar-refractivity contribution in [2.24, 2.45) is 16.7 Å². The number of aliphatic hydroxyl groups excluding tert-OH is 1. The molecule has 4 nitrogen and oxygen atoms in total. The second-order valence-corrected chi connectivity index (χ2v) is 11.2. The van der Waals surface area contributed by atoms with Gasteiger partial charge in [-0.25, -0.2) is 4.79 Å². The largest absolute Gasteiger partial charge is 0.450 e. The smallest absolute Gasteiger partial charge is 0.334 e. The second kappa shape index (κ2) is 10.1. The summed E-state index contributed by atoms with van der Waals surface area (Å²) in [5.74, 6) is 0.182. The van der Waals surface area contributed by atoms with Crippen molar-refractivity contribution in [3.05, 3.63) is 47.5 Å². The normalized spacial score (nSPS) is 21.5. The molecular formula is C26H40O4. The Labute approximate surface area is 182 Å². The molecule has 1 aromatic rings. The van der Waals surface area contributed by atoms with Crippen LogP contribution in [-0.4, -0.2) is 29.9 Å². The van der Waals surface area contributed by atoms with Crippen molar-refractivity contribution < 1.29 is 19.4 Å². The van der Waals surface area contributed by atoms with Gasteiger partial charge in [0.25, 0.3) is 0 Å². The van der Waals surface area contributed by atoms with E-state index < -0.39 is 5.60 Å². The highest BCUT2D eigenvalue weighted by molar-refractivity contribution is 5.91. The Morgan fingerprint density at radius 3 is 2.23 bits per heavy atom. The van der Waals surface area contributed by atoms with Crippen LogP contribution in [0.3, 0.4) is 0 Å². The Balaban J connectivity index is 2.00. The van der Waals surface area contributed by atoms with Crippen LogP contribution in [0.1, 0.15) is 72.8 Å². The lowest BCUT2D eigenvalue weighted by Gasteiger charge is -2.30. The van der Waals surface area contributed by atoms with Crippen LogP contribution in [0, 0.1) is 16.7 Å². The average molecular weight is 417 g/mol. The predicted octanol–water partition coefficient (Wildman–Crippen LogP) is 5.69. The van der Waals surface area contributed by atoms with Crippen molar-refractivity contribution in [3.8, 4) is 0 Å². The van der Waals surface area contributed by atoms with E-state index in [0.717, 1.165) is 24.8 Å². The van der Waals surface area contributed by atoms with Gasteiger partial charge < -0.3 is 14.6 Å². The SMILES string of the molecule is CC(C)(C)CC(C/C=C1\C[C@](CO)(COCc2ccccc2)OC1=O)CC(C)(C)C. The van der Waals surface area contributed by atoms with Gasteiger partial charge in [0.2, 0.25) is 0 Å². The van der Waals surface area contributed by atoms with Crippen LogP contribution in [0.25, 0.3) is 0 Å². The predicted molar refractivity (Wildman–Crippen MR) is 121 cm³/mol. The Kier molecular flexibility index (Phi) is 8.29. The van der Waals surface area contributed by atoms with Crippen molar-refractivity contribution in [3.63, 3.8) is 0 Å². The topological polar surface area (TPSA) is 55.8 Å². The number of ether oxygens (including phenoxy) is 2. The van der Waals surface area contributed by atoms with Crippen molar-refractivity contribution in [1.29, 1.82) is 0 Å². The van der Waals surface area contributed by atoms with E-state index in [0.29, 0.717) is 24.5 Å². The lowest BCUT2D eigenvalue weighted by molar-refractivity contribution is -0.157. The first kappa shape index (κ1) is 24.6. The first-order valence-electron chi connectivity index (χ1n) is 11.1. The van der Waals surface area contributed by atoms with E-state index in [1.807, 2.05) is 36.4 Å². The quantitative estimate of drug-likeness (QED) is 0.415. The number of esters is 1. The maximum absolute atomic E-state index is 12.5. The molecule has 0 unspecified atom stereocenters. The molecule has 0 amide bonds. The van der Waals surface area contributed by atoms with Gasteiger partial charge >= 0.3 is 5.97 Å². The molecule has 1 saturated heterocycles. The second-order valence-electron chi connectivity index (χ2n) is 11.2. The monoisotopic (exact) mass is 416 g/mol. The van der Waals surface area contributed by atoms with Crippen molar-refractivity contribution >= 4 is 5.97 Å². The van der Waals surface area contributed by atoms with Crippen LogP contribution < -0.4 is 0 Å². The number of carbonyl (C=O) groups is 1. The fourth-order valence-electron chi connectivity index (χ4n) is 4.30. The molecule has 0 aromatic heterocycles. The molecule has 0 radical (unpaired) electrons. The molecule has 2 rings (SSSR count). The van der Waals surface area contributed by atoms with Crippen LogP contribution in [0.5, 0.6) is 0 Å². The van der Waals surface area contributed by atoms with E-state index in [1.54, 1.807) is 0 Å². The highest BCUT2D eigenvalue weighted by atomic mass is 16.6. The summed E-state index contributed by atoms with van der Waals surface area (Å²) in [5.41, 5.74) is 1.23. The number of allylic oxidation sites excluding steroid dienone is 1. The molecule has 4 heteroatoms. The maximum Gasteiger partial charge on any atom is 0.334 e. The third-order valence-corrected chi connectivity index (χ3v) is 5.35. The minimum atomic E-state index is -0.971. The maximum atomic E-state index is 12.5. The number of benzene rings is 1. The van der Waals surface area contributed by atoms with Crippen molar-refractivity contribution in [2.45, 2.75) is 79.4 Å². The summed E-state index contributed by atoms with van der Waals surface area (Å²) in [4.78, 5) is 12.5. The summed E-state index contributed by atoms with van der Waals surface area (Å²) in [5, 5.41) is 9.95. The highest BCUT2D eigenvalue weighted by Crippen LogP contribution is 2.37. The van der Waals surface area contributed by atoms with E-state index >= 15 is 0 Å². The van der Waals surface area contributed by atoms with Crippen LogP contribution in [0.4, 0.5) is 0 Å². The van der Waals surface area contributed by atoms with E-state index in [4.69, 9.17) is 9.47 Å². The molecule has 1 aliphatic rings. The number of carbonyl (C=O) groups excluding carboxylic acids is 1. The van der Waals surface area contributed by atoms with Crippen LogP contribution >= 0.6 is 0 Å². The van der Waals surface area contributed by atoms with E-state index in [9.17, 15) is 9.90 Å². The highest BCUT2D eigenvalue weighted by Gasteiger charge is 2.43. The van der Waals surface area contributed by atoms with Gasteiger partial charge in [-0.3, -0.25) is 0 Å². The Hall–Kier alpha value is -1.65. The Bertz CT molecular complexity index is 693. The summed E-state index contributed by atoms with van der Waals surface area (Å²) in [6.45, 7) is 14.0. The molecule has 168 valence electrons. The van der Waals surface area contributed by atoms with Gasteiger partial charge in [-0.2, -0.15) is 0 Å². The molecule has 0 aliphatic carbocycles. The van der Waals surface area contributed by atoms with Crippen LogP contribution in [0.2, 0.25) is 0 Å². The van der Waals surface area contributed by atoms with E-state index in [2.05, 4.69) is 41.5 Å². The number of hydrogen-bond donors (Lipinski definition) is 1. The molecule has 1 aromatic carbocycles. The van der Waals surface area contributed by atoms with Gasteiger partial charge in [-0.15, -0.1) is 0 Å². The van der Waals surface area contributed by atoms with Gasteiger partial charge in [0.1, 0.15) is 0 Å². The summed E-state index contributed by atoms with van der Waals surface area (Å²) in [6.07, 6.45) is 5.50. The first-order chi connectivity index (χ1) is 13.9. The van der Waals surface area contributed by atoms with Gasteiger partial charge in [0, 0.05) is 12.0 Å².